The highest BCUT2D eigenvalue weighted by Gasteiger charge is 2.34. The number of pyridine rings is 1. The summed E-state index contributed by atoms with van der Waals surface area (Å²) in [6, 6.07) is 11.3. The molecule has 0 unspecified atom stereocenters. The summed E-state index contributed by atoms with van der Waals surface area (Å²) >= 11 is 0. The first-order valence-corrected chi connectivity index (χ1v) is 14.2. The third kappa shape index (κ3) is 5.33. The van der Waals surface area contributed by atoms with Gasteiger partial charge < -0.3 is 39.7 Å². The maximum Gasteiger partial charge on any atom is 0.261 e. The molecule has 4 N–H and O–H groups in total. The number of likely N-dealkylation sites (tertiary alicyclic amines) is 1. The average molecular weight is 573 g/mol. The number of H-pyrrole nitrogens is 2. The van der Waals surface area contributed by atoms with Crippen molar-refractivity contribution in [3.8, 4) is 22.9 Å². The lowest BCUT2D eigenvalue weighted by Crippen LogP contribution is -2.43. The normalized spacial score (nSPS) is 16.6. The lowest BCUT2D eigenvalue weighted by atomic mass is 10.0. The van der Waals surface area contributed by atoms with Crippen molar-refractivity contribution in [3.05, 3.63) is 69.6 Å². The molecule has 2 aliphatic heterocycles. The summed E-state index contributed by atoms with van der Waals surface area (Å²) in [6.07, 6.45) is 2.65. The van der Waals surface area contributed by atoms with E-state index in [4.69, 9.17) is 14.5 Å². The molecule has 2 aromatic carbocycles. The van der Waals surface area contributed by atoms with Crippen LogP contribution in [0.3, 0.4) is 0 Å². The molecule has 220 valence electrons. The number of hydrogen-bond acceptors (Lipinski definition) is 8. The number of amides is 1. The second kappa shape index (κ2) is 11.5. The number of imidazole rings is 1. The summed E-state index contributed by atoms with van der Waals surface area (Å²) in [5.41, 5.74) is 4.40. The van der Waals surface area contributed by atoms with Gasteiger partial charge >= 0.3 is 0 Å². The molecule has 42 heavy (non-hydrogen) atoms. The van der Waals surface area contributed by atoms with Crippen LogP contribution in [0.1, 0.15) is 34.3 Å². The molecule has 1 atom stereocenters. The number of anilines is 1. The predicted octanol–water partition coefficient (Wildman–Crippen LogP) is 3.14. The highest BCUT2D eigenvalue weighted by Crippen LogP contribution is 2.33. The third-order valence-corrected chi connectivity index (χ3v) is 8.28. The van der Waals surface area contributed by atoms with Crippen molar-refractivity contribution < 1.29 is 19.4 Å². The van der Waals surface area contributed by atoms with E-state index >= 15 is 0 Å². The number of nitrogens with one attached hydrogen (secondary N) is 3. The molecular weight excluding hydrogens is 536 g/mol. The van der Waals surface area contributed by atoms with E-state index in [-0.39, 0.29) is 30.7 Å². The minimum Gasteiger partial charge on any atom is -0.496 e. The minimum absolute atomic E-state index is 0.0475. The van der Waals surface area contributed by atoms with Crippen LogP contribution in [0.5, 0.6) is 11.5 Å². The number of aromatic amines is 2. The molecule has 2 aromatic heterocycles. The van der Waals surface area contributed by atoms with Gasteiger partial charge in [0.1, 0.15) is 35.6 Å². The Balaban J connectivity index is 1.17. The third-order valence-electron chi connectivity index (χ3n) is 8.28. The van der Waals surface area contributed by atoms with E-state index in [9.17, 15) is 14.7 Å². The van der Waals surface area contributed by atoms with Gasteiger partial charge in [0.05, 0.1) is 23.8 Å². The highest BCUT2D eigenvalue weighted by molar-refractivity contribution is 6.02. The van der Waals surface area contributed by atoms with Crippen LogP contribution in [0.25, 0.3) is 22.4 Å². The van der Waals surface area contributed by atoms with Crippen LogP contribution < -0.4 is 20.3 Å². The van der Waals surface area contributed by atoms with Crippen molar-refractivity contribution >= 4 is 22.6 Å². The smallest absolute Gasteiger partial charge is 0.261 e. The van der Waals surface area contributed by atoms with Crippen LogP contribution in [0.15, 0.2) is 47.4 Å². The van der Waals surface area contributed by atoms with Gasteiger partial charge in [-0.3, -0.25) is 9.59 Å². The molecule has 0 spiro atoms. The number of nitrogens with zero attached hydrogens (tertiary/aromatic N) is 3. The van der Waals surface area contributed by atoms with Crippen molar-refractivity contribution in [2.75, 3.05) is 45.7 Å². The second-order valence-electron chi connectivity index (χ2n) is 11.1. The number of benzene rings is 2. The molecule has 1 fully saturated rings. The molecular formula is C31H36N6O5. The van der Waals surface area contributed by atoms with Gasteiger partial charge in [-0.2, -0.15) is 0 Å². The van der Waals surface area contributed by atoms with E-state index in [1.165, 1.54) is 0 Å². The van der Waals surface area contributed by atoms with Crippen LogP contribution in [0, 0.1) is 6.92 Å². The summed E-state index contributed by atoms with van der Waals surface area (Å²) < 4.78 is 11.1. The first-order valence-electron chi connectivity index (χ1n) is 14.2. The van der Waals surface area contributed by atoms with Gasteiger partial charge in [-0.25, -0.2) is 4.98 Å². The second-order valence-corrected chi connectivity index (χ2v) is 11.1. The lowest BCUT2D eigenvalue weighted by Gasteiger charge is -2.34. The molecule has 2 aliphatic rings. The quantitative estimate of drug-likeness (QED) is 0.240. The summed E-state index contributed by atoms with van der Waals surface area (Å²) in [7, 11) is 3.71. The monoisotopic (exact) mass is 572 g/mol. The standard InChI is InChI=1S/C31H36N6O5/c1-18-26(41-3)5-4-6-27(18)42-17-21(38)15-33-23-7-10-32-30(39)28(23)29-34-24-13-19-16-37(20-8-11-36(2)12-9-20)31(40)22(19)14-25(24)35-29/h4-7,10,13-14,20-21,38H,8-9,11-12,15-17H2,1-3H3,(H,34,35)(H2,32,33,39)/t21-/m1/s1. The maximum absolute atomic E-state index is 13.3. The number of piperidine rings is 1. The van der Waals surface area contributed by atoms with E-state index in [1.54, 1.807) is 19.4 Å². The number of carbonyl (C=O) groups is 1. The SMILES string of the molecule is COc1cccc(OC[C@H](O)CNc2cc[nH]c(=O)c2-c2nc3cc4c(cc3[nH]2)CN(C2CCN(C)CC2)C4=O)c1C. The number of fused-ring (bicyclic) bond motifs is 2. The number of rotatable bonds is 9. The summed E-state index contributed by atoms with van der Waals surface area (Å²) in [5, 5.41) is 13.8. The van der Waals surface area contributed by atoms with Crippen LogP contribution in [-0.4, -0.2) is 88.3 Å². The van der Waals surface area contributed by atoms with Crippen molar-refractivity contribution in [1.29, 1.82) is 0 Å². The Bertz CT molecular complexity index is 1670. The van der Waals surface area contributed by atoms with Gasteiger partial charge in [0.25, 0.3) is 11.5 Å². The molecule has 11 heteroatoms. The van der Waals surface area contributed by atoms with Crippen molar-refractivity contribution in [3.63, 3.8) is 0 Å². The first-order chi connectivity index (χ1) is 20.3. The Morgan fingerprint density at radius 3 is 2.74 bits per heavy atom. The van der Waals surface area contributed by atoms with Gasteiger partial charge in [-0.1, -0.05) is 6.07 Å². The van der Waals surface area contributed by atoms with Gasteiger partial charge in [0, 0.05) is 36.5 Å². The molecule has 1 amide bonds. The molecule has 1 saturated heterocycles. The molecule has 0 radical (unpaired) electrons. The summed E-state index contributed by atoms with van der Waals surface area (Å²) in [5.74, 6) is 1.78. The molecule has 0 aliphatic carbocycles. The van der Waals surface area contributed by atoms with Crippen LogP contribution in [0.4, 0.5) is 5.69 Å². The molecule has 4 heterocycles. The molecule has 0 bridgehead atoms. The topological polar surface area (TPSA) is 136 Å². The molecule has 11 nitrogen and oxygen atoms in total. The fraction of sp³-hybridized carbons (Fsp3) is 0.387. The van der Waals surface area contributed by atoms with Crippen molar-refractivity contribution in [2.24, 2.45) is 0 Å². The Kier molecular flexibility index (Phi) is 7.61. The minimum atomic E-state index is -0.847. The van der Waals surface area contributed by atoms with Crippen LogP contribution in [0.2, 0.25) is 0 Å². The number of carbonyl (C=O) groups excluding carboxylic acids is 1. The summed E-state index contributed by atoms with van der Waals surface area (Å²) in [4.78, 5) is 41.3. The molecule has 4 aromatic rings. The van der Waals surface area contributed by atoms with Crippen LogP contribution >= 0.6 is 0 Å². The average Bonchev–Trinajstić information content (AvgIpc) is 3.54. The highest BCUT2D eigenvalue weighted by atomic mass is 16.5. The number of aliphatic hydroxyl groups is 1. The Hall–Kier alpha value is -4.35. The van der Waals surface area contributed by atoms with E-state index in [1.807, 2.05) is 42.2 Å². The van der Waals surface area contributed by atoms with Crippen molar-refractivity contribution in [2.45, 2.75) is 38.5 Å². The number of ether oxygens (including phenoxy) is 2. The number of aliphatic hydroxyl groups excluding tert-OH is 1. The Morgan fingerprint density at radius 2 is 1.95 bits per heavy atom. The zero-order valence-corrected chi connectivity index (χ0v) is 24.1. The van der Waals surface area contributed by atoms with E-state index in [0.717, 1.165) is 42.6 Å². The molecule has 0 saturated carbocycles. The fourth-order valence-electron chi connectivity index (χ4n) is 5.87. The van der Waals surface area contributed by atoms with Gasteiger partial charge in [-0.05, 0) is 75.8 Å². The molecule has 6 rings (SSSR count). The van der Waals surface area contributed by atoms with Crippen molar-refractivity contribution in [1.82, 2.24) is 24.8 Å². The zero-order valence-electron chi connectivity index (χ0n) is 24.1. The Labute approximate surface area is 243 Å². The summed E-state index contributed by atoms with van der Waals surface area (Å²) in [6.45, 7) is 4.66. The van der Waals surface area contributed by atoms with Gasteiger partial charge in [0.2, 0.25) is 0 Å². The largest absolute Gasteiger partial charge is 0.496 e. The van der Waals surface area contributed by atoms with E-state index < -0.39 is 6.10 Å². The predicted molar refractivity (Wildman–Crippen MR) is 160 cm³/mol. The fourth-order valence-corrected chi connectivity index (χ4v) is 5.87. The van der Waals surface area contributed by atoms with Gasteiger partial charge in [0.15, 0.2) is 0 Å². The van der Waals surface area contributed by atoms with E-state index in [0.29, 0.717) is 46.2 Å². The van der Waals surface area contributed by atoms with Gasteiger partial charge in [-0.15, -0.1) is 0 Å². The Morgan fingerprint density at radius 1 is 1.17 bits per heavy atom. The lowest BCUT2D eigenvalue weighted by molar-refractivity contribution is 0.0617. The number of methoxy groups -OCH3 is 1. The number of aromatic nitrogens is 3. The van der Waals surface area contributed by atoms with Crippen LogP contribution in [-0.2, 0) is 6.54 Å². The maximum atomic E-state index is 13.3. The zero-order chi connectivity index (χ0) is 29.4. The van der Waals surface area contributed by atoms with E-state index in [2.05, 4.69) is 27.2 Å². The first kappa shape index (κ1) is 27.8. The number of hydrogen-bond donors (Lipinski definition) is 4.